The van der Waals surface area contributed by atoms with Crippen LogP contribution in [0.25, 0.3) is 16.3 Å². The molecule has 1 atom stereocenters. The number of rotatable bonds is 10. The molecule has 248 valence electrons. The van der Waals surface area contributed by atoms with Gasteiger partial charge in [-0.25, -0.2) is 0 Å². The van der Waals surface area contributed by atoms with Gasteiger partial charge >= 0.3 is 0 Å². The average molecular weight is 664 g/mol. The van der Waals surface area contributed by atoms with E-state index >= 15 is 0 Å². The lowest BCUT2D eigenvalue weighted by molar-refractivity contribution is -0.669. The van der Waals surface area contributed by atoms with Crippen molar-refractivity contribution in [2.75, 3.05) is 11.4 Å². The molecule has 3 aromatic rings. The van der Waals surface area contributed by atoms with E-state index in [-0.39, 0.29) is 5.41 Å². The number of fused-ring (bicyclic) bond motifs is 2. The number of nitrogens with zero attached hydrogens (tertiary/aromatic N) is 2. The van der Waals surface area contributed by atoms with Crippen molar-refractivity contribution in [3.63, 3.8) is 0 Å². The van der Waals surface area contributed by atoms with Crippen molar-refractivity contribution >= 4 is 45.1 Å². The van der Waals surface area contributed by atoms with Crippen LogP contribution in [0.4, 0.5) is 5.69 Å². The van der Waals surface area contributed by atoms with Gasteiger partial charge in [0.25, 0.3) is 5.01 Å². The number of thioether (sulfide) groups is 1. The molecule has 0 saturated heterocycles. The maximum absolute atomic E-state index is 2.61. The number of hydrogen-bond donors (Lipinski definition) is 0. The van der Waals surface area contributed by atoms with Crippen LogP contribution in [-0.4, -0.2) is 6.54 Å². The minimum atomic E-state index is 0.253. The number of benzene rings is 2. The third kappa shape index (κ3) is 8.43. The van der Waals surface area contributed by atoms with Gasteiger partial charge in [0, 0.05) is 30.0 Å². The Labute approximate surface area is 293 Å². The second-order valence-corrected chi connectivity index (χ2v) is 17.8. The van der Waals surface area contributed by atoms with Crippen LogP contribution in [0.3, 0.4) is 0 Å². The molecule has 0 spiro atoms. The lowest BCUT2D eigenvalue weighted by atomic mass is 9.70. The van der Waals surface area contributed by atoms with E-state index in [1.165, 1.54) is 80.5 Å². The maximum Gasteiger partial charge on any atom is 0.263 e. The Bertz CT molecular complexity index is 1730. The van der Waals surface area contributed by atoms with Gasteiger partial charge in [0.15, 0.2) is 6.54 Å². The lowest BCUT2D eigenvalue weighted by Crippen LogP contribution is -2.35. The van der Waals surface area contributed by atoms with E-state index in [1.807, 2.05) is 23.1 Å². The Kier molecular flexibility index (Phi) is 10.7. The summed E-state index contributed by atoms with van der Waals surface area (Å²) in [5, 5.41) is 2.83. The first-order valence-corrected chi connectivity index (χ1v) is 19.7. The summed E-state index contributed by atoms with van der Waals surface area (Å²) in [5.74, 6) is 0.572. The van der Waals surface area contributed by atoms with Crippen LogP contribution < -0.4 is 9.47 Å². The molecule has 1 aliphatic heterocycles. The van der Waals surface area contributed by atoms with Gasteiger partial charge in [0.1, 0.15) is 4.70 Å². The van der Waals surface area contributed by atoms with E-state index in [0.29, 0.717) is 11.3 Å². The zero-order chi connectivity index (χ0) is 33.0. The van der Waals surface area contributed by atoms with Gasteiger partial charge < -0.3 is 4.90 Å². The van der Waals surface area contributed by atoms with E-state index in [0.717, 1.165) is 32.4 Å². The van der Waals surface area contributed by atoms with Crippen molar-refractivity contribution in [1.82, 2.24) is 0 Å². The Balaban J connectivity index is 1.22. The molecular weight excluding hydrogens is 609 g/mol. The molecule has 0 amide bonds. The van der Waals surface area contributed by atoms with Gasteiger partial charge in [-0.05, 0) is 84.6 Å². The molecular formula is C43H55N2S2+. The average Bonchev–Trinajstić information content (AvgIpc) is 3.54. The van der Waals surface area contributed by atoms with Gasteiger partial charge in [-0.2, -0.15) is 4.57 Å². The Morgan fingerprint density at radius 1 is 0.915 bits per heavy atom. The summed E-state index contributed by atoms with van der Waals surface area (Å²) in [6, 6.07) is 17.9. The van der Waals surface area contributed by atoms with Gasteiger partial charge in [-0.15, -0.1) is 0 Å². The fourth-order valence-corrected chi connectivity index (χ4v) is 10.3. The standard InChI is InChI=1S/C43H55N2S2/c1-7-9-22-44-36-18-11-13-20-38(36)46-40(44)26-34-24-32(28-42(3,4)30-34)16-15-17-33-25-35(31-43(5,6)29-33)27-41-45(23-10-8-2)37-19-12-14-21-39(37)47-41/h11-21,24,26-27,35H,7-10,22-23,25,28-31H2,1-6H3/q+1. The van der Waals surface area contributed by atoms with Crippen LogP contribution in [0.5, 0.6) is 0 Å². The van der Waals surface area contributed by atoms with Gasteiger partial charge in [-0.1, -0.05) is 138 Å². The monoisotopic (exact) mass is 663 g/mol. The summed E-state index contributed by atoms with van der Waals surface area (Å²) in [5.41, 5.74) is 7.83. The quantitative estimate of drug-likeness (QED) is 0.199. The highest BCUT2D eigenvalue weighted by Gasteiger charge is 2.32. The van der Waals surface area contributed by atoms with Crippen molar-refractivity contribution in [2.45, 2.75) is 111 Å². The van der Waals surface area contributed by atoms with Crippen molar-refractivity contribution in [2.24, 2.45) is 16.7 Å². The molecule has 4 heteroatoms. The molecule has 0 N–H and O–H groups in total. The number of anilines is 1. The molecule has 2 aromatic carbocycles. The highest BCUT2D eigenvalue weighted by atomic mass is 32.2. The lowest BCUT2D eigenvalue weighted by Gasteiger charge is -2.36. The number of hydrogen-bond acceptors (Lipinski definition) is 3. The highest BCUT2D eigenvalue weighted by molar-refractivity contribution is 8.03. The molecule has 2 heterocycles. The zero-order valence-electron chi connectivity index (χ0n) is 29.6. The fraction of sp³-hybridized carbons (Fsp3) is 0.465. The third-order valence-corrected chi connectivity index (χ3v) is 12.1. The second kappa shape index (κ2) is 14.7. The molecule has 1 aromatic heterocycles. The summed E-state index contributed by atoms with van der Waals surface area (Å²) in [4.78, 5) is 3.99. The summed E-state index contributed by atoms with van der Waals surface area (Å²) in [7, 11) is 0. The molecule has 2 aliphatic carbocycles. The normalized spacial score (nSPS) is 23.4. The van der Waals surface area contributed by atoms with Crippen LogP contribution in [-0.2, 0) is 6.54 Å². The topological polar surface area (TPSA) is 7.12 Å². The third-order valence-electron chi connectivity index (χ3n) is 9.85. The van der Waals surface area contributed by atoms with E-state index < -0.39 is 0 Å². The van der Waals surface area contributed by atoms with Gasteiger partial charge in [-0.3, -0.25) is 0 Å². The first-order valence-electron chi connectivity index (χ1n) is 18.1. The van der Waals surface area contributed by atoms with Gasteiger partial charge in [0.2, 0.25) is 5.52 Å². The molecule has 3 aliphatic rings. The van der Waals surface area contributed by atoms with Crippen LogP contribution in [0.2, 0.25) is 0 Å². The smallest absolute Gasteiger partial charge is 0.263 e. The summed E-state index contributed by atoms with van der Waals surface area (Å²) < 4.78 is 3.93. The van der Waals surface area contributed by atoms with E-state index in [1.54, 1.807) is 5.57 Å². The van der Waals surface area contributed by atoms with Crippen molar-refractivity contribution in [3.05, 3.63) is 106 Å². The maximum atomic E-state index is 2.61. The molecule has 0 bridgehead atoms. The minimum Gasteiger partial charge on any atom is -0.335 e. The Morgan fingerprint density at radius 2 is 1.70 bits per heavy atom. The van der Waals surface area contributed by atoms with E-state index in [9.17, 15) is 0 Å². The summed E-state index contributed by atoms with van der Waals surface area (Å²) in [6.45, 7) is 16.6. The van der Waals surface area contributed by atoms with Gasteiger partial charge in [0.05, 0.1) is 10.7 Å². The molecule has 2 nitrogen and oxygen atoms in total. The SMILES string of the molecule is CCCCN1C(=CC2CC(=CC=CC3=CC(=Cc4sc5ccccc5[n+]4CCCC)CC(C)(C)C3)CC(C)(C)C2)Sc2ccccc21. The largest absolute Gasteiger partial charge is 0.335 e. The zero-order valence-corrected chi connectivity index (χ0v) is 31.3. The van der Waals surface area contributed by atoms with Crippen molar-refractivity contribution < 1.29 is 4.57 Å². The molecule has 6 rings (SSSR count). The second-order valence-electron chi connectivity index (χ2n) is 15.6. The number of thiazole rings is 1. The molecule has 47 heavy (non-hydrogen) atoms. The predicted octanol–water partition coefficient (Wildman–Crippen LogP) is 12.7. The molecule has 1 saturated carbocycles. The molecule has 1 fully saturated rings. The van der Waals surface area contributed by atoms with E-state index in [2.05, 4.69) is 136 Å². The van der Waals surface area contributed by atoms with Crippen LogP contribution in [0.1, 0.15) is 104 Å². The minimum absolute atomic E-state index is 0.253. The molecule has 0 radical (unpaired) electrons. The predicted molar refractivity (Wildman–Crippen MR) is 207 cm³/mol. The Morgan fingerprint density at radius 3 is 2.53 bits per heavy atom. The summed E-state index contributed by atoms with van der Waals surface area (Å²) >= 11 is 3.91. The van der Waals surface area contributed by atoms with Crippen LogP contribution in [0, 0.1) is 16.7 Å². The van der Waals surface area contributed by atoms with Crippen LogP contribution >= 0.6 is 23.1 Å². The van der Waals surface area contributed by atoms with Crippen molar-refractivity contribution in [1.29, 1.82) is 0 Å². The number of allylic oxidation sites excluding steroid dienone is 8. The number of aryl methyl sites for hydroxylation is 1. The fourth-order valence-electron chi connectivity index (χ4n) is 7.93. The number of aromatic nitrogens is 1. The molecule has 1 unspecified atom stereocenters. The Hall–Kier alpha value is -2.82. The van der Waals surface area contributed by atoms with E-state index in [4.69, 9.17) is 0 Å². The first kappa shape index (κ1) is 34.1. The van der Waals surface area contributed by atoms with Crippen molar-refractivity contribution in [3.8, 4) is 0 Å². The van der Waals surface area contributed by atoms with Crippen LogP contribution in [0.15, 0.2) is 106 Å². The first-order chi connectivity index (χ1) is 22.6. The number of unbranched alkanes of at least 4 members (excludes halogenated alkanes) is 2. The summed E-state index contributed by atoms with van der Waals surface area (Å²) in [6.07, 6.45) is 25.5. The number of para-hydroxylation sites is 2. The highest BCUT2D eigenvalue weighted by Crippen LogP contribution is 2.49.